The number of likely N-dealkylation sites (N-methyl/N-ethyl adjacent to an activating group) is 1. The summed E-state index contributed by atoms with van der Waals surface area (Å²) in [5, 5.41) is 2.97. The van der Waals surface area contributed by atoms with Gasteiger partial charge >= 0.3 is 0 Å². The minimum absolute atomic E-state index is 0.0364. The summed E-state index contributed by atoms with van der Waals surface area (Å²) in [5.74, 6) is 0.0364. The summed E-state index contributed by atoms with van der Waals surface area (Å²) in [7, 11) is 2.12. The van der Waals surface area contributed by atoms with Gasteiger partial charge in [0.15, 0.2) is 0 Å². The highest BCUT2D eigenvalue weighted by molar-refractivity contribution is 5.93. The Bertz CT molecular complexity index is 489. The highest BCUT2D eigenvalue weighted by Crippen LogP contribution is 2.17. The molecule has 1 unspecified atom stereocenters. The van der Waals surface area contributed by atoms with Crippen LogP contribution in [0, 0.1) is 6.92 Å². The van der Waals surface area contributed by atoms with Crippen molar-refractivity contribution < 1.29 is 4.79 Å². The SMILES string of the molecule is Cc1cc(N)ccc1NC(=O)CN1CCN(C)CC1C. The van der Waals surface area contributed by atoms with E-state index in [1.807, 2.05) is 19.1 Å². The molecule has 1 aliphatic rings. The minimum atomic E-state index is 0.0364. The first-order valence-electron chi connectivity index (χ1n) is 7.04. The molecule has 1 amide bonds. The second kappa shape index (κ2) is 6.24. The summed E-state index contributed by atoms with van der Waals surface area (Å²) < 4.78 is 0. The highest BCUT2D eigenvalue weighted by atomic mass is 16.2. The molecule has 110 valence electrons. The van der Waals surface area contributed by atoms with Crippen molar-refractivity contribution in [1.82, 2.24) is 9.80 Å². The number of amides is 1. The molecule has 20 heavy (non-hydrogen) atoms. The zero-order valence-corrected chi connectivity index (χ0v) is 12.5. The maximum Gasteiger partial charge on any atom is 0.238 e. The van der Waals surface area contributed by atoms with Crippen LogP contribution in [0.1, 0.15) is 12.5 Å². The molecule has 0 aliphatic carbocycles. The third kappa shape index (κ3) is 3.71. The number of nitrogens with two attached hydrogens (primary N) is 1. The number of nitrogen functional groups attached to an aromatic ring is 1. The average Bonchev–Trinajstić information content (AvgIpc) is 2.36. The van der Waals surface area contributed by atoms with Gasteiger partial charge in [0.05, 0.1) is 6.54 Å². The first kappa shape index (κ1) is 14.8. The van der Waals surface area contributed by atoms with Crippen molar-refractivity contribution in [2.24, 2.45) is 0 Å². The van der Waals surface area contributed by atoms with Crippen LogP contribution in [0.4, 0.5) is 11.4 Å². The Balaban J connectivity index is 1.92. The molecule has 1 aliphatic heterocycles. The molecule has 0 bridgehead atoms. The molecular weight excluding hydrogens is 252 g/mol. The zero-order valence-electron chi connectivity index (χ0n) is 12.5. The number of hydrogen-bond acceptors (Lipinski definition) is 4. The fourth-order valence-corrected chi connectivity index (χ4v) is 2.61. The Labute approximate surface area is 120 Å². The van der Waals surface area contributed by atoms with Crippen molar-refractivity contribution in [2.45, 2.75) is 19.9 Å². The second-order valence-corrected chi connectivity index (χ2v) is 5.70. The summed E-state index contributed by atoms with van der Waals surface area (Å²) >= 11 is 0. The molecule has 3 N–H and O–H groups in total. The number of rotatable bonds is 3. The molecule has 1 atom stereocenters. The number of carbonyl (C=O) groups excluding carboxylic acids is 1. The maximum absolute atomic E-state index is 12.1. The third-order valence-electron chi connectivity index (χ3n) is 3.84. The van der Waals surface area contributed by atoms with Gasteiger partial charge in [-0.15, -0.1) is 0 Å². The lowest BCUT2D eigenvalue weighted by molar-refractivity contribution is -0.118. The lowest BCUT2D eigenvalue weighted by Gasteiger charge is -2.37. The molecule has 1 fully saturated rings. The summed E-state index contributed by atoms with van der Waals surface area (Å²) in [4.78, 5) is 16.7. The molecular formula is C15H24N4O. The zero-order chi connectivity index (χ0) is 14.7. The van der Waals surface area contributed by atoms with Crippen LogP contribution in [0.5, 0.6) is 0 Å². The number of nitrogens with one attached hydrogen (secondary N) is 1. The lowest BCUT2D eigenvalue weighted by atomic mass is 10.1. The molecule has 0 spiro atoms. The summed E-state index contributed by atoms with van der Waals surface area (Å²) in [6.07, 6.45) is 0. The van der Waals surface area contributed by atoms with Gasteiger partial charge < -0.3 is 16.0 Å². The van der Waals surface area contributed by atoms with Gasteiger partial charge in [0.2, 0.25) is 5.91 Å². The molecule has 1 aromatic carbocycles. The van der Waals surface area contributed by atoms with Crippen LogP contribution in [-0.4, -0.2) is 55.0 Å². The Morgan fingerprint density at radius 3 is 2.85 bits per heavy atom. The van der Waals surface area contributed by atoms with Crippen LogP contribution in [0.3, 0.4) is 0 Å². The maximum atomic E-state index is 12.1. The van der Waals surface area contributed by atoms with Gasteiger partial charge in [-0.1, -0.05) is 0 Å². The van der Waals surface area contributed by atoms with Crippen LogP contribution in [0.15, 0.2) is 18.2 Å². The van der Waals surface area contributed by atoms with Crippen molar-refractivity contribution in [3.63, 3.8) is 0 Å². The number of benzene rings is 1. The Morgan fingerprint density at radius 1 is 1.45 bits per heavy atom. The van der Waals surface area contributed by atoms with Crippen LogP contribution in [0.25, 0.3) is 0 Å². The van der Waals surface area contributed by atoms with E-state index in [-0.39, 0.29) is 5.91 Å². The monoisotopic (exact) mass is 276 g/mol. The predicted octanol–water partition coefficient (Wildman–Crippen LogP) is 1.15. The fourth-order valence-electron chi connectivity index (χ4n) is 2.61. The summed E-state index contributed by atoms with van der Waals surface area (Å²) in [6, 6.07) is 5.94. The van der Waals surface area contributed by atoms with E-state index in [2.05, 4.69) is 29.1 Å². The van der Waals surface area contributed by atoms with Gasteiger partial charge in [-0.05, 0) is 44.7 Å². The Hall–Kier alpha value is -1.59. The van der Waals surface area contributed by atoms with Crippen LogP contribution in [0.2, 0.25) is 0 Å². The predicted molar refractivity (Wildman–Crippen MR) is 82.8 cm³/mol. The molecule has 0 radical (unpaired) electrons. The van der Waals surface area contributed by atoms with Crippen molar-refractivity contribution >= 4 is 17.3 Å². The van der Waals surface area contributed by atoms with E-state index in [4.69, 9.17) is 5.73 Å². The van der Waals surface area contributed by atoms with E-state index in [9.17, 15) is 4.79 Å². The van der Waals surface area contributed by atoms with Crippen molar-refractivity contribution in [3.8, 4) is 0 Å². The highest BCUT2D eigenvalue weighted by Gasteiger charge is 2.23. The van der Waals surface area contributed by atoms with Crippen molar-refractivity contribution in [2.75, 3.05) is 44.3 Å². The smallest absolute Gasteiger partial charge is 0.238 e. The van der Waals surface area contributed by atoms with E-state index in [0.29, 0.717) is 18.3 Å². The molecule has 1 heterocycles. The standard InChI is InChI=1S/C15H24N4O/c1-11-8-13(16)4-5-14(11)17-15(20)10-19-7-6-18(3)9-12(19)2/h4-5,8,12H,6-7,9-10,16H2,1-3H3,(H,17,20). The van der Waals surface area contributed by atoms with E-state index in [1.165, 1.54) is 0 Å². The number of nitrogens with zero attached hydrogens (tertiary/aromatic N) is 2. The van der Waals surface area contributed by atoms with Crippen LogP contribution in [-0.2, 0) is 4.79 Å². The Kier molecular flexibility index (Phi) is 4.62. The first-order valence-corrected chi connectivity index (χ1v) is 7.04. The van der Waals surface area contributed by atoms with Gasteiger partial charge in [0, 0.05) is 37.1 Å². The molecule has 2 rings (SSSR count). The summed E-state index contributed by atoms with van der Waals surface area (Å²) in [5.41, 5.74) is 8.26. The van der Waals surface area contributed by atoms with Crippen molar-refractivity contribution in [1.29, 1.82) is 0 Å². The molecule has 5 heteroatoms. The van der Waals surface area contributed by atoms with Gasteiger partial charge in [-0.2, -0.15) is 0 Å². The molecule has 0 saturated carbocycles. The third-order valence-corrected chi connectivity index (χ3v) is 3.84. The molecule has 5 nitrogen and oxygen atoms in total. The molecule has 0 aromatic heterocycles. The number of aryl methyl sites for hydroxylation is 1. The topological polar surface area (TPSA) is 61.6 Å². The van der Waals surface area contributed by atoms with Gasteiger partial charge in [0.25, 0.3) is 0 Å². The number of carbonyl (C=O) groups is 1. The first-order chi connectivity index (χ1) is 9.45. The van der Waals surface area contributed by atoms with Gasteiger partial charge in [-0.25, -0.2) is 0 Å². The van der Waals surface area contributed by atoms with E-state index in [0.717, 1.165) is 30.9 Å². The van der Waals surface area contributed by atoms with Crippen LogP contribution >= 0.6 is 0 Å². The molecule has 1 saturated heterocycles. The lowest BCUT2D eigenvalue weighted by Crippen LogP contribution is -2.52. The Morgan fingerprint density at radius 2 is 2.20 bits per heavy atom. The average molecular weight is 276 g/mol. The van der Waals surface area contributed by atoms with E-state index in [1.54, 1.807) is 6.07 Å². The van der Waals surface area contributed by atoms with E-state index >= 15 is 0 Å². The number of hydrogen-bond donors (Lipinski definition) is 2. The number of piperazine rings is 1. The van der Waals surface area contributed by atoms with Gasteiger partial charge in [0.1, 0.15) is 0 Å². The van der Waals surface area contributed by atoms with Gasteiger partial charge in [-0.3, -0.25) is 9.69 Å². The quantitative estimate of drug-likeness (QED) is 0.813. The summed E-state index contributed by atoms with van der Waals surface area (Å²) in [6.45, 7) is 7.51. The van der Waals surface area contributed by atoms with Crippen LogP contribution < -0.4 is 11.1 Å². The normalized spacial score (nSPS) is 20.9. The largest absolute Gasteiger partial charge is 0.399 e. The van der Waals surface area contributed by atoms with E-state index < -0.39 is 0 Å². The van der Waals surface area contributed by atoms with Crippen molar-refractivity contribution in [3.05, 3.63) is 23.8 Å². The molecule has 1 aromatic rings. The number of anilines is 2. The second-order valence-electron chi connectivity index (χ2n) is 5.70. The fraction of sp³-hybridized carbons (Fsp3) is 0.533. The minimum Gasteiger partial charge on any atom is -0.399 e.